The zero-order valence-electron chi connectivity index (χ0n) is 13.0. The number of hydrogen-bond acceptors (Lipinski definition) is 7. The molecule has 1 fully saturated rings. The lowest BCUT2D eigenvalue weighted by atomic mass is 9.97. The molecule has 0 saturated carbocycles. The monoisotopic (exact) mass is 374 g/mol. The van der Waals surface area contributed by atoms with Gasteiger partial charge in [0.1, 0.15) is 23.9 Å². The molecule has 2 aromatic rings. The number of furan rings is 1. The molecule has 0 bridgehead atoms. The summed E-state index contributed by atoms with van der Waals surface area (Å²) >= 11 is 0. The largest absolute Gasteiger partial charge is 0.432 e. The Morgan fingerprint density at radius 2 is 1.80 bits per heavy atom. The highest BCUT2D eigenvalue weighted by atomic mass is 31.2. The molecular formula is C15H19O9P. The summed E-state index contributed by atoms with van der Waals surface area (Å²) < 4.78 is 27.3. The molecule has 1 aliphatic rings. The van der Waals surface area contributed by atoms with E-state index in [-0.39, 0.29) is 12.4 Å². The first-order valence-electron chi connectivity index (χ1n) is 7.64. The lowest BCUT2D eigenvalue weighted by Crippen LogP contribution is -2.59. The molecule has 25 heavy (non-hydrogen) atoms. The minimum Gasteiger partial charge on any atom is -0.432 e. The van der Waals surface area contributed by atoms with Gasteiger partial charge in [-0.1, -0.05) is 18.2 Å². The highest BCUT2D eigenvalue weighted by molar-refractivity contribution is 7.51. The van der Waals surface area contributed by atoms with Gasteiger partial charge in [0.15, 0.2) is 0 Å². The van der Waals surface area contributed by atoms with Crippen molar-refractivity contribution < 1.29 is 43.6 Å². The predicted molar refractivity (Wildman–Crippen MR) is 85.1 cm³/mol. The quantitative estimate of drug-likeness (QED) is 0.462. The second kappa shape index (κ2) is 7.05. The predicted octanol–water partition coefficient (Wildman–Crippen LogP) is 0.187. The molecule has 1 unspecified atom stereocenters. The third kappa shape index (κ3) is 4.21. The Kier molecular flexibility index (Phi) is 5.17. The van der Waals surface area contributed by atoms with Gasteiger partial charge >= 0.3 is 7.60 Å². The summed E-state index contributed by atoms with van der Waals surface area (Å²) in [5.41, 5.74) is 0.557. The molecule has 1 aromatic heterocycles. The van der Waals surface area contributed by atoms with Gasteiger partial charge in [-0.25, -0.2) is 0 Å². The van der Waals surface area contributed by atoms with E-state index in [1.54, 1.807) is 24.3 Å². The molecule has 138 valence electrons. The molecule has 5 atom stereocenters. The van der Waals surface area contributed by atoms with Crippen LogP contribution in [-0.2, 0) is 9.30 Å². The van der Waals surface area contributed by atoms with Crippen molar-refractivity contribution in [2.45, 2.75) is 37.1 Å². The van der Waals surface area contributed by atoms with Crippen molar-refractivity contribution >= 4 is 18.6 Å². The van der Waals surface area contributed by atoms with Crippen LogP contribution in [-0.4, -0.2) is 62.0 Å². The number of aliphatic hydroxyl groups excluding tert-OH is 3. The van der Waals surface area contributed by atoms with Crippen molar-refractivity contribution in [2.24, 2.45) is 0 Å². The van der Waals surface area contributed by atoms with Gasteiger partial charge in [-0.15, -0.1) is 0 Å². The molecule has 2 heterocycles. The van der Waals surface area contributed by atoms with Crippen molar-refractivity contribution in [2.75, 3.05) is 6.16 Å². The van der Waals surface area contributed by atoms with Crippen LogP contribution in [0.1, 0.15) is 6.42 Å². The molecule has 0 spiro atoms. The van der Waals surface area contributed by atoms with Crippen LogP contribution in [0.25, 0.3) is 11.0 Å². The Bertz CT molecular complexity index is 736. The number of rotatable bonds is 5. The Hall–Kier alpha value is -1.45. The van der Waals surface area contributed by atoms with Crippen LogP contribution in [0.15, 0.2) is 34.7 Å². The van der Waals surface area contributed by atoms with Crippen molar-refractivity contribution in [1.29, 1.82) is 0 Å². The third-order valence-corrected chi connectivity index (χ3v) is 4.85. The van der Waals surface area contributed by atoms with E-state index in [0.29, 0.717) is 5.58 Å². The summed E-state index contributed by atoms with van der Waals surface area (Å²) in [5, 5.41) is 30.7. The van der Waals surface area contributed by atoms with E-state index in [1.165, 1.54) is 0 Å². The Labute approximate surface area is 142 Å². The van der Waals surface area contributed by atoms with Gasteiger partial charge in [-0.3, -0.25) is 4.57 Å². The SMILES string of the molecule is O=P(O)(O)CC[C@H]1OC(Oc2cc3ccccc3o2)[C@@H](O)[C@@H](O)[C@@H]1O. The molecule has 0 amide bonds. The molecule has 3 rings (SSSR count). The van der Waals surface area contributed by atoms with Crippen LogP contribution >= 0.6 is 7.60 Å². The highest BCUT2D eigenvalue weighted by Crippen LogP contribution is 2.37. The first kappa shape index (κ1) is 18.3. The van der Waals surface area contributed by atoms with E-state index in [2.05, 4.69) is 0 Å². The number of aliphatic hydroxyl groups is 3. The standard InChI is InChI=1S/C15H19O9P/c16-12-10(5-6-25(19,20)21)23-15(14(18)13(12)17)24-11-7-8-3-1-2-4-9(8)22-11/h1-4,7,10,12-18H,5-6H2,(H2,19,20,21)/t10-,12-,13+,14+,15?/m1/s1. The average Bonchev–Trinajstić information content (AvgIpc) is 2.95. The smallest absolute Gasteiger partial charge is 0.325 e. The van der Waals surface area contributed by atoms with Crippen molar-refractivity contribution in [1.82, 2.24) is 0 Å². The van der Waals surface area contributed by atoms with E-state index in [9.17, 15) is 19.9 Å². The summed E-state index contributed by atoms with van der Waals surface area (Å²) in [6.07, 6.45) is -7.87. The molecular weight excluding hydrogens is 355 g/mol. The van der Waals surface area contributed by atoms with Crippen molar-refractivity contribution in [3.05, 3.63) is 30.3 Å². The molecule has 10 heteroatoms. The lowest BCUT2D eigenvalue weighted by molar-refractivity contribution is -0.275. The zero-order chi connectivity index (χ0) is 18.2. The Morgan fingerprint density at radius 3 is 2.48 bits per heavy atom. The topological polar surface area (TPSA) is 150 Å². The number of para-hydroxylation sites is 1. The number of ether oxygens (including phenoxy) is 2. The first-order chi connectivity index (χ1) is 11.7. The minimum atomic E-state index is -4.29. The molecule has 1 aliphatic heterocycles. The second-order valence-corrected chi connectivity index (χ2v) is 7.69. The fraction of sp³-hybridized carbons (Fsp3) is 0.467. The fourth-order valence-electron chi connectivity index (χ4n) is 2.68. The summed E-state index contributed by atoms with van der Waals surface area (Å²) in [4.78, 5) is 17.9. The molecule has 0 radical (unpaired) electrons. The number of hydrogen-bond donors (Lipinski definition) is 5. The maximum atomic E-state index is 11.0. The van der Waals surface area contributed by atoms with Gasteiger partial charge < -0.3 is 39.0 Å². The molecule has 0 aliphatic carbocycles. The van der Waals surface area contributed by atoms with E-state index in [4.69, 9.17) is 23.7 Å². The van der Waals surface area contributed by atoms with Crippen LogP contribution in [0.3, 0.4) is 0 Å². The van der Waals surface area contributed by atoms with E-state index in [0.717, 1.165) is 5.39 Å². The van der Waals surface area contributed by atoms with Crippen LogP contribution in [0, 0.1) is 0 Å². The Balaban J connectivity index is 1.73. The van der Waals surface area contributed by atoms with E-state index < -0.39 is 44.5 Å². The van der Waals surface area contributed by atoms with E-state index >= 15 is 0 Å². The third-order valence-electron chi connectivity index (χ3n) is 4.01. The van der Waals surface area contributed by atoms with Gasteiger partial charge in [-0.2, -0.15) is 0 Å². The molecule has 1 aromatic carbocycles. The molecule has 5 N–H and O–H groups in total. The summed E-state index contributed by atoms with van der Waals surface area (Å²) in [5.74, 6) is 0.0441. The van der Waals surface area contributed by atoms with Gasteiger partial charge in [0, 0.05) is 11.5 Å². The lowest BCUT2D eigenvalue weighted by Gasteiger charge is -2.39. The fourth-order valence-corrected chi connectivity index (χ4v) is 3.27. The van der Waals surface area contributed by atoms with Gasteiger partial charge in [0.25, 0.3) is 5.95 Å². The number of fused-ring (bicyclic) bond motifs is 1. The van der Waals surface area contributed by atoms with Crippen molar-refractivity contribution in [3.63, 3.8) is 0 Å². The van der Waals surface area contributed by atoms with Gasteiger partial charge in [-0.05, 0) is 12.5 Å². The van der Waals surface area contributed by atoms with Crippen LogP contribution < -0.4 is 4.74 Å². The number of benzene rings is 1. The summed E-state index contributed by atoms with van der Waals surface area (Å²) in [6, 6.07) is 8.69. The molecule has 1 saturated heterocycles. The molecule has 9 nitrogen and oxygen atoms in total. The summed E-state index contributed by atoms with van der Waals surface area (Å²) in [6.45, 7) is 0. The average molecular weight is 374 g/mol. The Morgan fingerprint density at radius 1 is 1.08 bits per heavy atom. The van der Waals surface area contributed by atoms with Crippen LogP contribution in [0.2, 0.25) is 0 Å². The normalized spacial score (nSPS) is 30.5. The summed E-state index contributed by atoms with van der Waals surface area (Å²) in [7, 11) is -4.29. The zero-order valence-corrected chi connectivity index (χ0v) is 13.9. The maximum absolute atomic E-state index is 11.0. The maximum Gasteiger partial charge on any atom is 0.325 e. The minimum absolute atomic E-state index is 0.0441. The van der Waals surface area contributed by atoms with Gasteiger partial charge in [0.2, 0.25) is 6.29 Å². The van der Waals surface area contributed by atoms with Crippen LogP contribution in [0.5, 0.6) is 5.95 Å². The van der Waals surface area contributed by atoms with E-state index in [1.807, 2.05) is 6.07 Å². The second-order valence-electron chi connectivity index (χ2n) is 5.91. The van der Waals surface area contributed by atoms with Crippen LogP contribution in [0.4, 0.5) is 0 Å². The highest BCUT2D eigenvalue weighted by Gasteiger charge is 2.45. The van der Waals surface area contributed by atoms with Gasteiger partial charge in [0.05, 0.1) is 12.3 Å². The first-order valence-corrected chi connectivity index (χ1v) is 9.44. The van der Waals surface area contributed by atoms with Crippen molar-refractivity contribution in [3.8, 4) is 5.95 Å².